The lowest BCUT2D eigenvalue weighted by Crippen LogP contribution is -2.34. The smallest absolute Gasteiger partial charge is 0.265 e. The highest BCUT2D eigenvalue weighted by Crippen LogP contribution is 2.42. The molecule has 32 heavy (non-hydrogen) atoms. The first kappa shape index (κ1) is 21.8. The maximum absolute atomic E-state index is 14.3. The molecule has 1 heterocycles. The summed E-state index contributed by atoms with van der Waals surface area (Å²) in [6.07, 6.45) is 1.81. The van der Waals surface area contributed by atoms with Crippen molar-refractivity contribution in [2.24, 2.45) is 0 Å². The third-order valence-corrected chi connectivity index (χ3v) is 6.09. The summed E-state index contributed by atoms with van der Waals surface area (Å²) in [5.41, 5.74) is 2.60. The number of hydrogen-bond donors (Lipinski definition) is 1. The van der Waals surface area contributed by atoms with E-state index in [1.54, 1.807) is 41.3 Å². The van der Waals surface area contributed by atoms with Crippen molar-refractivity contribution in [2.45, 2.75) is 31.3 Å². The summed E-state index contributed by atoms with van der Waals surface area (Å²) in [4.78, 5) is 28.6. The molecule has 1 aliphatic heterocycles. The van der Waals surface area contributed by atoms with Crippen LogP contribution in [0, 0.1) is 5.82 Å². The Balaban J connectivity index is 1.64. The van der Waals surface area contributed by atoms with Gasteiger partial charge in [0.1, 0.15) is 5.82 Å². The van der Waals surface area contributed by atoms with E-state index < -0.39 is 0 Å². The van der Waals surface area contributed by atoms with Gasteiger partial charge in [0.25, 0.3) is 11.8 Å². The van der Waals surface area contributed by atoms with Crippen LogP contribution in [-0.4, -0.2) is 17.9 Å². The molecule has 0 aromatic heterocycles. The predicted molar refractivity (Wildman–Crippen MR) is 127 cm³/mol. The highest BCUT2D eigenvalue weighted by atomic mass is 32.2. The molecule has 6 heteroatoms. The van der Waals surface area contributed by atoms with Crippen molar-refractivity contribution in [3.8, 4) is 0 Å². The Labute approximate surface area is 191 Å². The van der Waals surface area contributed by atoms with E-state index in [0.717, 1.165) is 16.1 Å². The van der Waals surface area contributed by atoms with Crippen LogP contribution >= 0.6 is 11.8 Å². The Morgan fingerprint density at radius 3 is 2.44 bits per heavy atom. The quantitative estimate of drug-likeness (QED) is 0.516. The number of para-hydroxylation sites is 1. The molecule has 4 rings (SSSR count). The van der Waals surface area contributed by atoms with Gasteiger partial charge in [0.05, 0.1) is 17.1 Å². The van der Waals surface area contributed by atoms with Crippen molar-refractivity contribution < 1.29 is 14.0 Å². The van der Waals surface area contributed by atoms with Crippen molar-refractivity contribution in [3.05, 3.63) is 100 Å². The molecule has 2 amide bonds. The SMILES string of the molecule is CC(C)NC(=O)c1ccc(/C=C2\Sc3ccccc3N(Cc3ccccc3F)C2=O)cc1. The first-order valence-corrected chi connectivity index (χ1v) is 11.2. The molecule has 0 spiro atoms. The van der Waals surface area contributed by atoms with Crippen molar-refractivity contribution in [1.82, 2.24) is 5.32 Å². The fraction of sp³-hybridized carbons (Fsp3) is 0.154. The molecule has 1 N–H and O–H groups in total. The maximum Gasteiger partial charge on any atom is 0.265 e. The van der Waals surface area contributed by atoms with E-state index in [0.29, 0.717) is 16.0 Å². The number of fused-ring (bicyclic) bond motifs is 1. The van der Waals surface area contributed by atoms with Crippen LogP contribution in [0.25, 0.3) is 6.08 Å². The van der Waals surface area contributed by atoms with Gasteiger partial charge in [-0.3, -0.25) is 9.59 Å². The minimum absolute atomic E-state index is 0.0565. The molecule has 0 radical (unpaired) electrons. The van der Waals surface area contributed by atoms with Gasteiger partial charge in [-0.05, 0) is 55.8 Å². The fourth-order valence-corrected chi connectivity index (χ4v) is 4.50. The molecule has 162 valence electrons. The summed E-state index contributed by atoms with van der Waals surface area (Å²) in [5.74, 6) is -0.650. The second-order valence-corrected chi connectivity index (χ2v) is 8.90. The number of amides is 2. The van der Waals surface area contributed by atoms with Crippen molar-refractivity contribution in [3.63, 3.8) is 0 Å². The lowest BCUT2D eigenvalue weighted by molar-refractivity contribution is -0.114. The van der Waals surface area contributed by atoms with Crippen molar-refractivity contribution in [2.75, 3.05) is 4.90 Å². The van der Waals surface area contributed by atoms with Gasteiger partial charge in [-0.2, -0.15) is 0 Å². The zero-order valence-corrected chi connectivity index (χ0v) is 18.7. The van der Waals surface area contributed by atoms with Crippen LogP contribution in [0.15, 0.2) is 82.6 Å². The maximum atomic E-state index is 14.3. The van der Waals surface area contributed by atoms with Crippen LogP contribution in [0.2, 0.25) is 0 Å². The molecule has 0 aliphatic carbocycles. The number of carbonyl (C=O) groups is 2. The summed E-state index contributed by atoms with van der Waals surface area (Å²) >= 11 is 1.39. The summed E-state index contributed by atoms with van der Waals surface area (Å²) in [7, 11) is 0. The van der Waals surface area contributed by atoms with Crippen LogP contribution in [0.3, 0.4) is 0 Å². The normalized spacial score (nSPS) is 14.6. The molecule has 3 aromatic rings. The minimum atomic E-state index is -0.336. The molecular weight excluding hydrogens is 423 g/mol. The molecule has 4 nitrogen and oxygen atoms in total. The number of benzene rings is 3. The molecule has 0 atom stereocenters. The van der Waals surface area contributed by atoms with Gasteiger partial charge < -0.3 is 10.2 Å². The van der Waals surface area contributed by atoms with Crippen LogP contribution in [0.5, 0.6) is 0 Å². The van der Waals surface area contributed by atoms with Crippen LogP contribution in [0.4, 0.5) is 10.1 Å². The van der Waals surface area contributed by atoms with Gasteiger partial charge in [-0.25, -0.2) is 4.39 Å². The van der Waals surface area contributed by atoms with E-state index in [-0.39, 0.29) is 30.2 Å². The predicted octanol–water partition coefficient (Wildman–Crippen LogP) is 5.64. The summed E-state index contributed by atoms with van der Waals surface area (Å²) in [6, 6.07) is 21.3. The molecule has 1 aliphatic rings. The Morgan fingerprint density at radius 1 is 1.03 bits per heavy atom. The number of nitrogens with zero attached hydrogens (tertiary/aromatic N) is 1. The third kappa shape index (κ3) is 4.75. The van der Waals surface area contributed by atoms with E-state index in [1.165, 1.54) is 17.8 Å². The average molecular weight is 447 g/mol. The van der Waals surface area contributed by atoms with E-state index in [9.17, 15) is 14.0 Å². The number of nitrogens with one attached hydrogen (secondary N) is 1. The number of hydrogen-bond acceptors (Lipinski definition) is 3. The number of carbonyl (C=O) groups excluding carboxylic acids is 2. The van der Waals surface area contributed by atoms with Gasteiger partial charge in [0.15, 0.2) is 0 Å². The minimum Gasteiger partial charge on any atom is -0.350 e. The van der Waals surface area contributed by atoms with Crippen molar-refractivity contribution in [1.29, 1.82) is 0 Å². The Hall–Kier alpha value is -3.38. The van der Waals surface area contributed by atoms with Gasteiger partial charge in [0, 0.05) is 22.1 Å². The number of anilines is 1. The number of halogens is 1. The Kier molecular flexibility index (Phi) is 6.42. The molecule has 0 saturated heterocycles. The lowest BCUT2D eigenvalue weighted by Gasteiger charge is -2.30. The van der Waals surface area contributed by atoms with Crippen LogP contribution in [-0.2, 0) is 11.3 Å². The molecule has 3 aromatic carbocycles. The molecule has 0 bridgehead atoms. The highest BCUT2D eigenvalue weighted by molar-refractivity contribution is 8.04. The molecule has 0 unspecified atom stereocenters. The van der Waals surface area contributed by atoms with E-state index in [4.69, 9.17) is 0 Å². The highest BCUT2D eigenvalue weighted by Gasteiger charge is 2.29. The summed E-state index contributed by atoms with van der Waals surface area (Å²) in [6.45, 7) is 3.97. The zero-order chi connectivity index (χ0) is 22.7. The second-order valence-electron chi connectivity index (χ2n) is 7.81. The molecular formula is C26H23FN2O2S. The van der Waals surface area contributed by atoms with E-state index in [2.05, 4.69) is 5.32 Å². The zero-order valence-electron chi connectivity index (χ0n) is 17.8. The number of thioether (sulfide) groups is 1. The summed E-state index contributed by atoms with van der Waals surface area (Å²) < 4.78 is 14.3. The molecule has 0 saturated carbocycles. The second kappa shape index (κ2) is 9.40. The topological polar surface area (TPSA) is 49.4 Å². The Morgan fingerprint density at radius 2 is 1.72 bits per heavy atom. The average Bonchev–Trinajstić information content (AvgIpc) is 2.78. The van der Waals surface area contributed by atoms with Crippen LogP contribution in [0.1, 0.15) is 35.3 Å². The van der Waals surface area contributed by atoms with Crippen LogP contribution < -0.4 is 10.2 Å². The fourth-order valence-electron chi connectivity index (χ4n) is 3.44. The van der Waals surface area contributed by atoms with E-state index in [1.807, 2.05) is 50.2 Å². The largest absolute Gasteiger partial charge is 0.350 e. The van der Waals surface area contributed by atoms with Crippen molar-refractivity contribution >= 4 is 35.3 Å². The summed E-state index contributed by atoms with van der Waals surface area (Å²) in [5, 5.41) is 2.86. The standard InChI is InChI=1S/C26H23FN2O2S/c1-17(2)28-25(30)19-13-11-18(12-14-19)15-24-26(31)29(16-20-7-3-4-8-21(20)27)22-9-5-6-10-23(22)32-24/h3-15,17H,16H2,1-2H3,(H,28,30)/b24-15-. The van der Waals surface area contributed by atoms with Gasteiger partial charge in [-0.15, -0.1) is 0 Å². The van der Waals surface area contributed by atoms with E-state index >= 15 is 0 Å². The first-order chi connectivity index (χ1) is 15.4. The Bertz CT molecular complexity index is 1190. The number of rotatable bonds is 5. The molecule has 0 fully saturated rings. The van der Waals surface area contributed by atoms with Gasteiger partial charge >= 0.3 is 0 Å². The first-order valence-electron chi connectivity index (χ1n) is 10.4. The van der Waals surface area contributed by atoms with Gasteiger partial charge in [0.2, 0.25) is 0 Å². The monoisotopic (exact) mass is 446 g/mol. The lowest BCUT2D eigenvalue weighted by atomic mass is 10.1. The van der Waals surface area contributed by atoms with Gasteiger partial charge in [-0.1, -0.05) is 54.2 Å². The third-order valence-electron chi connectivity index (χ3n) is 5.01.